The maximum Gasteiger partial charge on any atom is 0.0586 e. The summed E-state index contributed by atoms with van der Waals surface area (Å²) in [5.74, 6) is 0. The topological polar surface area (TPSA) is 38.5 Å². The summed E-state index contributed by atoms with van der Waals surface area (Å²) in [6.07, 6.45) is 8.14. The molecule has 2 N–H and O–H groups in total. The number of methoxy groups -OCH3 is 1. The van der Waals surface area contributed by atoms with Crippen LogP contribution in [0.4, 0.5) is 5.69 Å². The summed E-state index contributed by atoms with van der Waals surface area (Å²) in [4.78, 5) is 2.69. The number of hydrogen-bond donors (Lipinski definition) is 1. The molecule has 0 amide bonds. The van der Waals surface area contributed by atoms with E-state index in [4.69, 9.17) is 10.5 Å². The number of hydrogen-bond acceptors (Lipinski definition) is 3. The molecule has 1 aromatic carbocycles. The third-order valence-corrected chi connectivity index (χ3v) is 4.82. The molecular formula is C17H26N2O. The Bertz CT molecular complexity index is 444. The Morgan fingerprint density at radius 3 is 2.65 bits per heavy atom. The SMILES string of the molecule is COC1CCCC(N(Cc2ccccc2N)C2CC2)C1. The van der Waals surface area contributed by atoms with Crippen molar-refractivity contribution in [3.63, 3.8) is 0 Å². The van der Waals surface area contributed by atoms with Crippen molar-refractivity contribution >= 4 is 5.69 Å². The van der Waals surface area contributed by atoms with Gasteiger partial charge in [0.05, 0.1) is 6.10 Å². The molecule has 0 radical (unpaired) electrons. The molecule has 2 saturated carbocycles. The average molecular weight is 274 g/mol. The number of nitrogens with two attached hydrogens (primary N) is 1. The first-order chi connectivity index (χ1) is 9.78. The lowest BCUT2D eigenvalue weighted by molar-refractivity contribution is 0.0229. The second-order valence-corrected chi connectivity index (χ2v) is 6.28. The second kappa shape index (κ2) is 6.15. The van der Waals surface area contributed by atoms with Gasteiger partial charge in [-0.2, -0.15) is 0 Å². The molecule has 20 heavy (non-hydrogen) atoms. The van der Waals surface area contributed by atoms with E-state index >= 15 is 0 Å². The molecule has 0 heterocycles. The summed E-state index contributed by atoms with van der Waals surface area (Å²) in [6, 6.07) is 9.73. The molecule has 0 spiro atoms. The van der Waals surface area contributed by atoms with E-state index in [-0.39, 0.29) is 0 Å². The van der Waals surface area contributed by atoms with E-state index in [0.29, 0.717) is 12.1 Å². The van der Waals surface area contributed by atoms with Crippen molar-refractivity contribution in [2.75, 3.05) is 12.8 Å². The van der Waals surface area contributed by atoms with Crippen molar-refractivity contribution in [1.29, 1.82) is 0 Å². The maximum atomic E-state index is 6.12. The molecule has 3 heteroatoms. The number of rotatable bonds is 5. The lowest BCUT2D eigenvalue weighted by atomic mass is 9.91. The van der Waals surface area contributed by atoms with Gasteiger partial charge in [0.1, 0.15) is 0 Å². The van der Waals surface area contributed by atoms with E-state index < -0.39 is 0 Å². The van der Waals surface area contributed by atoms with Gasteiger partial charge in [0.15, 0.2) is 0 Å². The Morgan fingerprint density at radius 2 is 1.95 bits per heavy atom. The zero-order valence-corrected chi connectivity index (χ0v) is 12.4. The van der Waals surface area contributed by atoms with E-state index in [1.807, 2.05) is 19.2 Å². The standard InChI is InChI=1S/C17H26N2O/c1-20-16-7-4-6-15(11-16)19(14-9-10-14)12-13-5-2-3-8-17(13)18/h2-3,5,8,14-16H,4,6-7,9-12,18H2,1H3. The molecule has 2 aliphatic carbocycles. The van der Waals surface area contributed by atoms with Gasteiger partial charge in [0, 0.05) is 31.4 Å². The summed E-state index contributed by atoms with van der Waals surface area (Å²) >= 11 is 0. The van der Waals surface area contributed by atoms with Crippen molar-refractivity contribution in [1.82, 2.24) is 4.90 Å². The van der Waals surface area contributed by atoms with Crippen molar-refractivity contribution < 1.29 is 4.74 Å². The first kappa shape index (κ1) is 13.9. The van der Waals surface area contributed by atoms with Gasteiger partial charge in [-0.1, -0.05) is 18.2 Å². The predicted octanol–water partition coefficient (Wildman–Crippen LogP) is 3.19. The summed E-state index contributed by atoms with van der Waals surface area (Å²) in [6.45, 7) is 0.998. The monoisotopic (exact) mass is 274 g/mol. The third-order valence-electron chi connectivity index (χ3n) is 4.82. The molecule has 1 aromatic rings. The Balaban J connectivity index is 1.71. The molecule has 110 valence electrons. The second-order valence-electron chi connectivity index (χ2n) is 6.28. The highest BCUT2D eigenvalue weighted by Gasteiger charge is 2.36. The van der Waals surface area contributed by atoms with Crippen LogP contribution in [0.15, 0.2) is 24.3 Å². The first-order valence-corrected chi connectivity index (χ1v) is 7.90. The molecule has 0 aliphatic heterocycles. The van der Waals surface area contributed by atoms with E-state index in [1.54, 1.807) is 0 Å². The normalized spacial score (nSPS) is 26.9. The minimum atomic E-state index is 0.447. The Kier molecular flexibility index (Phi) is 4.27. The van der Waals surface area contributed by atoms with Crippen LogP contribution in [-0.4, -0.2) is 30.2 Å². The van der Waals surface area contributed by atoms with Crippen molar-refractivity contribution in [3.8, 4) is 0 Å². The Morgan fingerprint density at radius 1 is 1.15 bits per heavy atom. The fourth-order valence-electron chi connectivity index (χ4n) is 3.47. The highest BCUT2D eigenvalue weighted by atomic mass is 16.5. The van der Waals surface area contributed by atoms with E-state index in [0.717, 1.165) is 18.3 Å². The van der Waals surface area contributed by atoms with Crippen LogP contribution in [0, 0.1) is 0 Å². The van der Waals surface area contributed by atoms with Gasteiger partial charge in [-0.25, -0.2) is 0 Å². The minimum absolute atomic E-state index is 0.447. The molecule has 2 aliphatic rings. The molecular weight excluding hydrogens is 248 g/mol. The lowest BCUT2D eigenvalue weighted by Gasteiger charge is -2.37. The van der Waals surface area contributed by atoms with E-state index in [9.17, 15) is 0 Å². The number of para-hydroxylation sites is 1. The molecule has 2 fully saturated rings. The smallest absolute Gasteiger partial charge is 0.0586 e. The van der Waals surface area contributed by atoms with Crippen LogP contribution in [0.25, 0.3) is 0 Å². The molecule has 0 aromatic heterocycles. The Labute approximate surface area is 122 Å². The zero-order valence-electron chi connectivity index (χ0n) is 12.4. The van der Waals surface area contributed by atoms with Crippen LogP contribution in [-0.2, 0) is 11.3 Å². The highest BCUT2D eigenvalue weighted by Crippen LogP contribution is 2.36. The lowest BCUT2D eigenvalue weighted by Crippen LogP contribution is -2.41. The van der Waals surface area contributed by atoms with Crippen molar-refractivity contribution in [2.24, 2.45) is 0 Å². The summed E-state index contributed by atoms with van der Waals surface area (Å²) in [5, 5.41) is 0. The molecule has 3 rings (SSSR count). The molecule has 0 saturated heterocycles. The molecule has 0 bridgehead atoms. The quantitative estimate of drug-likeness (QED) is 0.838. The Hall–Kier alpha value is -1.06. The fraction of sp³-hybridized carbons (Fsp3) is 0.647. The predicted molar refractivity (Wildman–Crippen MR) is 82.5 cm³/mol. The van der Waals surface area contributed by atoms with Crippen LogP contribution in [0.3, 0.4) is 0 Å². The number of ether oxygens (including phenoxy) is 1. The van der Waals surface area contributed by atoms with Crippen molar-refractivity contribution in [2.45, 2.75) is 63.3 Å². The maximum absolute atomic E-state index is 6.12. The van der Waals surface area contributed by atoms with Gasteiger partial charge in [-0.15, -0.1) is 0 Å². The van der Waals surface area contributed by atoms with Crippen LogP contribution in [0.5, 0.6) is 0 Å². The number of anilines is 1. The third kappa shape index (κ3) is 3.15. The van der Waals surface area contributed by atoms with E-state index in [2.05, 4.69) is 17.0 Å². The fourth-order valence-corrected chi connectivity index (χ4v) is 3.47. The van der Waals surface area contributed by atoms with E-state index in [1.165, 1.54) is 44.1 Å². The summed E-state index contributed by atoms with van der Waals surface area (Å²) < 4.78 is 5.59. The van der Waals surface area contributed by atoms with Crippen LogP contribution < -0.4 is 5.73 Å². The van der Waals surface area contributed by atoms with Gasteiger partial charge in [0.2, 0.25) is 0 Å². The zero-order chi connectivity index (χ0) is 13.9. The van der Waals surface area contributed by atoms with Crippen LogP contribution in [0.1, 0.15) is 44.1 Å². The molecule has 2 atom stereocenters. The molecule has 3 nitrogen and oxygen atoms in total. The molecule has 2 unspecified atom stereocenters. The van der Waals surface area contributed by atoms with Crippen molar-refractivity contribution in [3.05, 3.63) is 29.8 Å². The largest absolute Gasteiger partial charge is 0.398 e. The van der Waals surface area contributed by atoms with Gasteiger partial charge < -0.3 is 10.5 Å². The average Bonchev–Trinajstić information content (AvgIpc) is 3.31. The van der Waals surface area contributed by atoms with Gasteiger partial charge in [-0.05, 0) is 50.2 Å². The number of nitrogen functional groups attached to an aromatic ring is 1. The number of benzene rings is 1. The van der Waals surface area contributed by atoms with Gasteiger partial charge in [0.25, 0.3) is 0 Å². The summed E-state index contributed by atoms with van der Waals surface area (Å²) in [7, 11) is 1.85. The minimum Gasteiger partial charge on any atom is -0.398 e. The number of nitrogens with zero attached hydrogens (tertiary/aromatic N) is 1. The first-order valence-electron chi connectivity index (χ1n) is 7.90. The highest BCUT2D eigenvalue weighted by molar-refractivity contribution is 5.46. The van der Waals surface area contributed by atoms with Crippen LogP contribution in [0.2, 0.25) is 0 Å². The van der Waals surface area contributed by atoms with Gasteiger partial charge >= 0.3 is 0 Å². The van der Waals surface area contributed by atoms with Crippen LogP contribution >= 0.6 is 0 Å². The van der Waals surface area contributed by atoms with Gasteiger partial charge in [-0.3, -0.25) is 4.90 Å². The summed E-state index contributed by atoms with van der Waals surface area (Å²) in [5.41, 5.74) is 8.33.